The molecule has 0 aromatic heterocycles. The molecule has 0 saturated heterocycles. The van der Waals surface area contributed by atoms with Gasteiger partial charge >= 0.3 is 12.1 Å². The molecule has 3 aromatic carbocycles. The van der Waals surface area contributed by atoms with Gasteiger partial charge in [-0.15, -0.1) is 0 Å². The predicted octanol–water partition coefficient (Wildman–Crippen LogP) is 4.13. The zero-order valence-corrected chi connectivity index (χ0v) is 18.8. The van der Waals surface area contributed by atoms with Crippen molar-refractivity contribution in [3.05, 3.63) is 95.6 Å². The Morgan fingerprint density at radius 3 is 2.15 bits per heavy atom. The molecule has 0 heterocycles. The third kappa shape index (κ3) is 5.81. The Morgan fingerprint density at radius 2 is 1.50 bits per heavy atom. The Kier molecular flexibility index (Phi) is 7.91. The standard InChI is InChI=1S/C27H28N2O5/c30-26(31)25(29-18-33-16-19-8-2-1-3-9-19)14-15-28-27(32)34-17-24-22-12-6-4-10-20(22)21-11-5-7-13-23(21)24/h1-13,24-25,29H,14-18H2,(H,28,32)(H,30,31)/t25-/m1/s1. The summed E-state index contributed by atoms with van der Waals surface area (Å²) in [6.45, 7) is 0.863. The fraction of sp³-hybridized carbons (Fsp3) is 0.259. The molecule has 0 bridgehead atoms. The summed E-state index contributed by atoms with van der Waals surface area (Å²) in [5, 5.41) is 14.9. The molecule has 0 fully saturated rings. The molecule has 34 heavy (non-hydrogen) atoms. The van der Waals surface area contributed by atoms with Crippen LogP contribution in [0.4, 0.5) is 4.79 Å². The van der Waals surface area contributed by atoms with Crippen LogP contribution in [0.15, 0.2) is 78.9 Å². The van der Waals surface area contributed by atoms with Gasteiger partial charge in [-0.2, -0.15) is 0 Å². The zero-order valence-electron chi connectivity index (χ0n) is 18.8. The molecule has 1 atom stereocenters. The Balaban J connectivity index is 1.20. The molecule has 0 saturated carbocycles. The first-order valence-corrected chi connectivity index (χ1v) is 11.3. The molecule has 4 rings (SSSR count). The van der Waals surface area contributed by atoms with Crippen molar-refractivity contribution in [2.24, 2.45) is 0 Å². The second-order valence-electron chi connectivity index (χ2n) is 8.11. The quantitative estimate of drug-likeness (QED) is 0.294. The molecule has 3 aromatic rings. The highest BCUT2D eigenvalue weighted by atomic mass is 16.5. The van der Waals surface area contributed by atoms with Gasteiger partial charge in [0.05, 0.1) is 13.3 Å². The molecule has 0 spiro atoms. The van der Waals surface area contributed by atoms with Crippen LogP contribution >= 0.6 is 0 Å². The van der Waals surface area contributed by atoms with Crippen LogP contribution < -0.4 is 10.6 Å². The lowest BCUT2D eigenvalue weighted by atomic mass is 9.98. The van der Waals surface area contributed by atoms with E-state index < -0.39 is 18.1 Å². The van der Waals surface area contributed by atoms with E-state index in [1.165, 1.54) is 0 Å². The first-order chi connectivity index (χ1) is 16.6. The summed E-state index contributed by atoms with van der Waals surface area (Å²) in [5.41, 5.74) is 5.62. The normalized spacial score (nSPS) is 13.1. The largest absolute Gasteiger partial charge is 0.480 e. The van der Waals surface area contributed by atoms with E-state index in [1.807, 2.05) is 54.6 Å². The van der Waals surface area contributed by atoms with E-state index in [1.54, 1.807) is 0 Å². The first-order valence-electron chi connectivity index (χ1n) is 11.3. The van der Waals surface area contributed by atoms with Crippen LogP contribution in [0.5, 0.6) is 0 Å². The number of carbonyl (C=O) groups is 2. The molecule has 3 N–H and O–H groups in total. The van der Waals surface area contributed by atoms with Crippen molar-refractivity contribution in [3.63, 3.8) is 0 Å². The van der Waals surface area contributed by atoms with Gasteiger partial charge in [0.2, 0.25) is 0 Å². The highest BCUT2D eigenvalue weighted by Crippen LogP contribution is 2.44. The summed E-state index contributed by atoms with van der Waals surface area (Å²) < 4.78 is 11.0. The summed E-state index contributed by atoms with van der Waals surface area (Å²) in [7, 11) is 0. The Bertz CT molecular complexity index is 1070. The zero-order chi connectivity index (χ0) is 23.8. The van der Waals surface area contributed by atoms with Crippen LogP contribution in [-0.4, -0.2) is 43.1 Å². The summed E-state index contributed by atoms with van der Waals surface area (Å²) in [5.74, 6) is -1.02. The maximum Gasteiger partial charge on any atom is 0.407 e. The number of carbonyl (C=O) groups excluding carboxylic acids is 1. The van der Waals surface area contributed by atoms with E-state index in [9.17, 15) is 14.7 Å². The Hall–Kier alpha value is -3.68. The number of ether oxygens (including phenoxy) is 2. The van der Waals surface area contributed by atoms with Gasteiger partial charge < -0.3 is 19.9 Å². The van der Waals surface area contributed by atoms with E-state index in [0.29, 0.717) is 6.61 Å². The van der Waals surface area contributed by atoms with Gasteiger partial charge in [-0.25, -0.2) is 4.79 Å². The number of carboxylic acids is 1. The van der Waals surface area contributed by atoms with E-state index in [2.05, 4.69) is 34.9 Å². The summed E-state index contributed by atoms with van der Waals surface area (Å²) in [6, 6.07) is 25.1. The lowest BCUT2D eigenvalue weighted by Crippen LogP contribution is -2.41. The molecule has 0 radical (unpaired) electrons. The number of hydrogen-bond acceptors (Lipinski definition) is 5. The number of carboxylic acid groups (broad SMARTS) is 1. The molecule has 0 aliphatic heterocycles. The third-order valence-electron chi connectivity index (χ3n) is 5.89. The number of alkyl carbamates (subject to hydrolysis) is 1. The van der Waals surface area contributed by atoms with Crippen molar-refractivity contribution >= 4 is 12.1 Å². The predicted molar refractivity (Wildman–Crippen MR) is 128 cm³/mol. The lowest BCUT2D eigenvalue weighted by Gasteiger charge is -2.16. The van der Waals surface area contributed by atoms with Gasteiger partial charge in [0.1, 0.15) is 12.6 Å². The summed E-state index contributed by atoms with van der Waals surface area (Å²) in [4.78, 5) is 23.8. The highest BCUT2D eigenvalue weighted by molar-refractivity contribution is 5.79. The van der Waals surface area contributed by atoms with Gasteiger partial charge in [-0.05, 0) is 34.2 Å². The van der Waals surface area contributed by atoms with Crippen molar-refractivity contribution < 1.29 is 24.2 Å². The Morgan fingerprint density at radius 1 is 0.882 bits per heavy atom. The fourth-order valence-electron chi connectivity index (χ4n) is 4.18. The smallest absolute Gasteiger partial charge is 0.407 e. The van der Waals surface area contributed by atoms with Gasteiger partial charge in [0, 0.05) is 12.5 Å². The molecule has 7 nitrogen and oxygen atoms in total. The minimum atomic E-state index is -1.00. The number of fused-ring (bicyclic) bond motifs is 3. The van der Waals surface area contributed by atoms with E-state index >= 15 is 0 Å². The molecule has 7 heteroatoms. The minimum Gasteiger partial charge on any atom is -0.480 e. The van der Waals surface area contributed by atoms with Gasteiger partial charge in [-0.1, -0.05) is 78.9 Å². The molecular formula is C27H28N2O5. The van der Waals surface area contributed by atoms with Crippen molar-refractivity contribution in [2.45, 2.75) is 25.0 Å². The van der Waals surface area contributed by atoms with Crippen LogP contribution in [-0.2, 0) is 20.9 Å². The maximum atomic E-state index is 12.3. The summed E-state index contributed by atoms with van der Waals surface area (Å²) >= 11 is 0. The molecule has 1 amide bonds. The first kappa shape index (κ1) is 23.5. The third-order valence-corrected chi connectivity index (χ3v) is 5.89. The topological polar surface area (TPSA) is 96.9 Å². The van der Waals surface area contributed by atoms with E-state index in [-0.39, 0.29) is 32.2 Å². The molecule has 0 unspecified atom stereocenters. The van der Waals surface area contributed by atoms with Crippen molar-refractivity contribution in [2.75, 3.05) is 19.9 Å². The maximum absolute atomic E-state index is 12.3. The van der Waals surface area contributed by atoms with Crippen molar-refractivity contribution in [1.29, 1.82) is 0 Å². The number of benzene rings is 3. The molecule has 1 aliphatic rings. The second kappa shape index (κ2) is 11.4. The van der Waals surface area contributed by atoms with Crippen LogP contribution in [0.2, 0.25) is 0 Å². The van der Waals surface area contributed by atoms with Crippen LogP contribution in [0.25, 0.3) is 11.1 Å². The number of aliphatic carboxylic acids is 1. The SMILES string of the molecule is O=C(NCC[C@@H](NCOCc1ccccc1)C(=O)O)OCC1c2ccccc2-c2ccccc21. The van der Waals surface area contributed by atoms with Gasteiger partial charge in [0.15, 0.2) is 0 Å². The monoisotopic (exact) mass is 460 g/mol. The van der Waals surface area contributed by atoms with Gasteiger partial charge in [-0.3, -0.25) is 10.1 Å². The lowest BCUT2D eigenvalue weighted by molar-refractivity contribution is -0.140. The molecule has 1 aliphatic carbocycles. The van der Waals surface area contributed by atoms with Crippen LogP contribution in [0.1, 0.15) is 29.0 Å². The van der Waals surface area contributed by atoms with Crippen molar-refractivity contribution in [3.8, 4) is 11.1 Å². The van der Waals surface area contributed by atoms with Crippen LogP contribution in [0.3, 0.4) is 0 Å². The second-order valence-corrected chi connectivity index (χ2v) is 8.11. The number of hydrogen-bond donors (Lipinski definition) is 3. The summed E-state index contributed by atoms with van der Waals surface area (Å²) in [6.07, 6.45) is -0.361. The molecular weight excluding hydrogens is 432 g/mol. The number of nitrogens with one attached hydrogen (secondary N) is 2. The highest BCUT2D eigenvalue weighted by Gasteiger charge is 2.29. The van der Waals surface area contributed by atoms with Crippen LogP contribution in [0, 0.1) is 0 Å². The number of amides is 1. The molecule has 176 valence electrons. The Labute approximate surface area is 198 Å². The average molecular weight is 461 g/mol. The van der Waals surface area contributed by atoms with Crippen molar-refractivity contribution in [1.82, 2.24) is 10.6 Å². The average Bonchev–Trinajstić information content (AvgIpc) is 3.18. The van der Waals surface area contributed by atoms with Gasteiger partial charge in [0.25, 0.3) is 0 Å². The van der Waals surface area contributed by atoms with E-state index in [4.69, 9.17) is 9.47 Å². The van der Waals surface area contributed by atoms with E-state index in [0.717, 1.165) is 27.8 Å². The fourth-order valence-corrected chi connectivity index (χ4v) is 4.18. The number of rotatable bonds is 11. The minimum absolute atomic E-state index is 0.0200.